The van der Waals surface area contributed by atoms with Crippen LogP contribution in [0.4, 0.5) is 5.69 Å². The predicted molar refractivity (Wildman–Crippen MR) is 109 cm³/mol. The third-order valence-electron chi connectivity index (χ3n) is 5.87. The number of benzene rings is 2. The van der Waals surface area contributed by atoms with Crippen LogP contribution < -0.4 is 23.8 Å². The van der Waals surface area contributed by atoms with Crippen LogP contribution in [0.2, 0.25) is 0 Å². The zero-order valence-corrected chi connectivity index (χ0v) is 17.3. The Bertz CT molecular complexity index is 1390. The fourth-order valence-electron chi connectivity index (χ4n) is 4.24. The maximum Gasteiger partial charge on any atom is 0.263 e. The Kier molecular flexibility index (Phi) is 3.83. The number of nitrogens with zero attached hydrogens (tertiary/aromatic N) is 6. The molecule has 2 aromatic carbocycles. The van der Waals surface area contributed by atoms with Gasteiger partial charge in [0.1, 0.15) is 6.54 Å². The van der Waals surface area contributed by atoms with Gasteiger partial charge in [0.2, 0.25) is 25.3 Å². The summed E-state index contributed by atoms with van der Waals surface area (Å²) in [5, 5.41) is 13.4. The van der Waals surface area contributed by atoms with Crippen molar-refractivity contribution >= 4 is 17.5 Å². The summed E-state index contributed by atoms with van der Waals surface area (Å²) >= 11 is 0. The van der Waals surface area contributed by atoms with Crippen molar-refractivity contribution in [3.05, 3.63) is 42.3 Å². The fraction of sp³-hybridized carbons (Fsp3) is 0.238. The SMILES string of the molecule is O=C1C2N=NN(Cc3nc(-c4ccc5c(c4)OCO5)no3)C2C(=O)N1c1ccc2c(c1)OCO2. The molecule has 3 aromatic rings. The number of rotatable bonds is 4. The number of anilines is 1. The van der Waals surface area contributed by atoms with Crippen LogP contribution in [0.5, 0.6) is 23.0 Å². The van der Waals surface area contributed by atoms with E-state index in [4.69, 9.17) is 23.5 Å². The second-order valence-electron chi connectivity index (χ2n) is 7.82. The standard InChI is InChI=1S/C21H14N6O7/c28-20-17-18(21(29)27(20)11-2-4-13-15(6-11)33-9-31-13)26(25-23-17)7-16-22-19(24-34-16)10-1-3-12-14(5-10)32-8-30-12/h1-6,17-18H,7-9H2. The van der Waals surface area contributed by atoms with Crippen molar-refractivity contribution < 1.29 is 33.1 Å². The van der Waals surface area contributed by atoms with Crippen LogP contribution in [0.15, 0.2) is 51.3 Å². The Balaban J connectivity index is 1.11. The molecule has 0 radical (unpaired) electrons. The van der Waals surface area contributed by atoms with E-state index in [1.807, 2.05) is 0 Å². The number of fused-ring (bicyclic) bond motifs is 3. The molecule has 7 rings (SSSR count). The fourth-order valence-corrected chi connectivity index (χ4v) is 4.24. The van der Waals surface area contributed by atoms with E-state index in [2.05, 4.69) is 20.5 Å². The maximum atomic E-state index is 13.2. The first-order valence-electron chi connectivity index (χ1n) is 10.3. The first-order valence-corrected chi connectivity index (χ1v) is 10.3. The first kappa shape index (κ1) is 18.8. The molecule has 4 aliphatic rings. The largest absolute Gasteiger partial charge is 0.454 e. The average Bonchev–Trinajstić information content (AvgIpc) is 3.66. The molecule has 1 aromatic heterocycles. The Morgan fingerprint density at radius 2 is 1.62 bits per heavy atom. The summed E-state index contributed by atoms with van der Waals surface area (Å²) in [5.41, 5.74) is 1.06. The molecule has 13 nitrogen and oxygen atoms in total. The smallest absolute Gasteiger partial charge is 0.263 e. The van der Waals surface area contributed by atoms with Crippen molar-refractivity contribution in [2.45, 2.75) is 18.6 Å². The molecule has 13 heteroatoms. The van der Waals surface area contributed by atoms with E-state index in [1.54, 1.807) is 36.4 Å². The summed E-state index contributed by atoms with van der Waals surface area (Å²) in [5.74, 6) is 1.91. The van der Waals surface area contributed by atoms with Gasteiger partial charge in [0, 0.05) is 11.6 Å². The second kappa shape index (κ2) is 6.91. The van der Waals surface area contributed by atoms with Gasteiger partial charge in [-0.15, -0.1) is 0 Å². The molecular formula is C21H14N6O7. The average molecular weight is 462 g/mol. The van der Waals surface area contributed by atoms with E-state index in [9.17, 15) is 9.59 Å². The molecule has 5 heterocycles. The van der Waals surface area contributed by atoms with E-state index in [0.717, 1.165) is 4.90 Å². The van der Waals surface area contributed by atoms with E-state index in [-0.39, 0.29) is 26.0 Å². The molecule has 2 amide bonds. The zero-order valence-electron chi connectivity index (χ0n) is 17.3. The molecule has 4 aliphatic heterocycles. The van der Waals surface area contributed by atoms with Crippen molar-refractivity contribution in [3.8, 4) is 34.4 Å². The van der Waals surface area contributed by atoms with Crippen molar-refractivity contribution in [1.82, 2.24) is 15.1 Å². The minimum absolute atomic E-state index is 0.0101. The molecule has 0 saturated carbocycles. The third-order valence-corrected chi connectivity index (χ3v) is 5.87. The topological polar surface area (TPSA) is 141 Å². The Labute approximate surface area is 190 Å². The van der Waals surface area contributed by atoms with Gasteiger partial charge in [-0.05, 0) is 30.3 Å². The summed E-state index contributed by atoms with van der Waals surface area (Å²) < 4.78 is 26.7. The molecule has 1 fully saturated rings. The molecule has 0 N–H and O–H groups in total. The summed E-state index contributed by atoms with van der Waals surface area (Å²) in [7, 11) is 0. The van der Waals surface area contributed by atoms with Gasteiger partial charge in [-0.25, -0.2) is 4.90 Å². The molecule has 2 atom stereocenters. The summed E-state index contributed by atoms with van der Waals surface area (Å²) in [6.45, 7) is 0.261. The highest BCUT2D eigenvalue weighted by atomic mass is 16.7. The van der Waals surface area contributed by atoms with Gasteiger partial charge in [0.25, 0.3) is 11.8 Å². The van der Waals surface area contributed by atoms with E-state index in [1.165, 1.54) is 5.01 Å². The van der Waals surface area contributed by atoms with Crippen LogP contribution in [0, 0.1) is 0 Å². The van der Waals surface area contributed by atoms with Crippen molar-refractivity contribution in [1.29, 1.82) is 0 Å². The molecule has 0 bridgehead atoms. The summed E-state index contributed by atoms with van der Waals surface area (Å²) in [6, 6.07) is 8.33. The van der Waals surface area contributed by atoms with Gasteiger partial charge in [0.05, 0.1) is 5.69 Å². The lowest BCUT2D eigenvalue weighted by molar-refractivity contribution is -0.123. The minimum atomic E-state index is -0.950. The predicted octanol–water partition coefficient (Wildman–Crippen LogP) is 1.69. The number of aromatic nitrogens is 2. The molecule has 0 spiro atoms. The number of amides is 2. The summed E-state index contributed by atoms with van der Waals surface area (Å²) in [4.78, 5) is 31.6. The molecule has 0 aliphatic carbocycles. The van der Waals surface area contributed by atoms with Gasteiger partial charge >= 0.3 is 0 Å². The molecule has 2 unspecified atom stereocenters. The van der Waals surface area contributed by atoms with Crippen molar-refractivity contribution in [2.24, 2.45) is 10.3 Å². The maximum absolute atomic E-state index is 13.2. The van der Waals surface area contributed by atoms with Crippen molar-refractivity contribution in [3.63, 3.8) is 0 Å². The molecule has 170 valence electrons. The van der Waals surface area contributed by atoms with E-state index < -0.39 is 23.9 Å². The van der Waals surface area contributed by atoms with Gasteiger partial charge < -0.3 is 23.5 Å². The monoisotopic (exact) mass is 462 g/mol. The first-order chi connectivity index (χ1) is 16.7. The zero-order chi connectivity index (χ0) is 22.8. The highest BCUT2D eigenvalue weighted by Gasteiger charge is 2.55. The van der Waals surface area contributed by atoms with Crippen molar-refractivity contribution in [2.75, 3.05) is 18.5 Å². The van der Waals surface area contributed by atoms with Crippen LogP contribution in [0.25, 0.3) is 11.4 Å². The van der Waals surface area contributed by atoms with Gasteiger partial charge in [-0.1, -0.05) is 10.4 Å². The Hall–Kier alpha value is -4.68. The molecule has 1 saturated heterocycles. The normalized spacial score (nSPS) is 21.6. The number of hydrogen-bond acceptors (Lipinski definition) is 12. The highest BCUT2D eigenvalue weighted by molar-refractivity contribution is 6.25. The lowest BCUT2D eigenvalue weighted by Crippen LogP contribution is -2.39. The van der Waals surface area contributed by atoms with E-state index >= 15 is 0 Å². The number of ether oxygens (including phenoxy) is 4. The molecule has 34 heavy (non-hydrogen) atoms. The highest BCUT2D eigenvalue weighted by Crippen LogP contribution is 2.39. The lowest BCUT2D eigenvalue weighted by atomic mass is 10.1. The van der Waals surface area contributed by atoms with Crippen LogP contribution in [-0.4, -0.2) is 52.6 Å². The van der Waals surface area contributed by atoms with Crippen LogP contribution in [0.1, 0.15) is 5.89 Å². The summed E-state index contributed by atoms with van der Waals surface area (Å²) in [6.07, 6.45) is 0. The Morgan fingerprint density at radius 1 is 0.882 bits per heavy atom. The second-order valence-corrected chi connectivity index (χ2v) is 7.82. The third kappa shape index (κ3) is 2.73. The minimum Gasteiger partial charge on any atom is -0.454 e. The number of carbonyl (C=O) groups excluding carboxylic acids is 2. The number of carbonyl (C=O) groups is 2. The van der Waals surface area contributed by atoms with Crippen LogP contribution in [-0.2, 0) is 16.1 Å². The van der Waals surface area contributed by atoms with Crippen LogP contribution in [0.3, 0.4) is 0 Å². The van der Waals surface area contributed by atoms with Gasteiger partial charge in [-0.2, -0.15) is 10.1 Å². The van der Waals surface area contributed by atoms with Gasteiger partial charge in [-0.3, -0.25) is 14.6 Å². The Morgan fingerprint density at radius 3 is 2.44 bits per heavy atom. The van der Waals surface area contributed by atoms with E-state index in [0.29, 0.717) is 40.1 Å². The molecular weight excluding hydrogens is 448 g/mol. The van der Waals surface area contributed by atoms with Gasteiger partial charge in [0.15, 0.2) is 35.1 Å². The van der Waals surface area contributed by atoms with Crippen LogP contribution >= 0.6 is 0 Å². The number of hydrogen-bond donors (Lipinski definition) is 0. The number of imide groups is 1. The lowest BCUT2D eigenvalue weighted by Gasteiger charge is -2.19. The quantitative estimate of drug-likeness (QED) is 0.526.